The second-order valence-corrected chi connectivity index (χ2v) is 6.74. The zero-order valence-corrected chi connectivity index (χ0v) is 15.5. The number of piperazine rings is 1. The van der Waals surface area contributed by atoms with Gasteiger partial charge in [-0.1, -0.05) is 5.16 Å². The van der Waals surface area contributed by atoms with Crippen molar-refractivity contribution in [2.75, 3.05) is 31.1 Å². The van der Waals surface area contributed by atoms with Crippen LogP contribution in [0.1, 0.15) is 23.2 Å². The molecule has 144 valence electrons. The molecule has 0 saturated carbocycles. The summed E-state index contributed by atoms with van der Waals surface area (Å²) in [6.07, 6.45) is 3.39. The second kappa shape index (κ2) is 7.85. The Morgan fingerprint density at radius 1 is 1.21 bits per heavy atom. The van der Waals surface area contributed by atoms with Gasteiger partial charge in [-0.25, -0.2) is 4.39 Å². The molecule has 1 aromatic carbocycles. The Labute approximate surface area is 161 Å². The van der Waals surface area contributed by atoms with E-state index in [9.17, 15) is 9.18 Å². The molecule has 28 heavy (non-hydrogen) atoms. The molecule has 0 N–H and O–H groups in total. The molecular weight excluding hydrogens is 361 g/mol. The number of aromatic nitrogens is 3. The van der Waals surface area contributed by atoms with Crippen molar-refractivity contribution in [2.24, 2.45) is 0 Å². The van der Waals surface area contributed by atoms with Gasteiger partial charge in [0.25, 0.3) is 0 Å². The number of rotatable bonds is 5. The molecule has 1 saturated heterocycles. The summed E-state index contributed by atoms with van der Waals surface area (Å²) in [5.74, 6) is 0.568. The van der Waals surface area contributed by atoms with Crippen molar-refractivity contribution >= 4 is 11.5 Å². The third-order valence-electron chi connectivity index (χ3n) is 4.81. The lowest BCUT2D eigenvalue weighted by Gasteiger charge is -2.35. The summed E-state index contributed by atoms with van der Waals surface area (Å²) < 4.78 is 19.7. The number of ketones is 1. The van der Waals surface area contributed by atoms with Crippen LogP contribution in [0.15, 0.2) is 47.2 Å². The van der Waals surface area contributed by atoms with E-state index in [-0.39, 0.29) is 11.6 Å². The third kappa shape index (κ3) is 3.91. The maximum Gasteiger partial charge on any atom is 0.241 e. The molecule has 0 spiro atoms. The smallest absolute Gasteiger partial charge is 0.241 e. The number of nitrogens with zero attached hydrogens (tertiary/aromatic N) is 5. The van der Waals surface area contributed by atoms with Gasteiger partial charge in [-0.3, -0.25) is 14.7 Å². The molecule has 4 rings (SSSR count). The molecule has 1 fully saturated rings. The summed E-state index contributed by atoms with van der Waals surface area (Å²) in [5, 5.41) is 4.01. The van der Waals surface area contributed by atoms with E-state index in [1.165, 1.54) is 13.0 Å². The lowest BCUT2D eigenvalue weighted by molar-refractivity contribution is 0.101. The number of halogens is 1. The molecule has 0 unspecified atom stereocenters. The summed E-state index contributed by atoms with van der Waals surface area (Å²) in [6.45, 7) is 4.84. The molecule has 0 radical (unpaired) electrons. The van der Waals surface area contributed by atoms with Crippen molar-refractivity contribution in [3.8, 4) is 11.4 Å². The molecule has 1 aliphatic heterocycles. The molecule has 3 heterocycles. The fourth-order valence-corrected chi connectivity index (χ4v) is 3.25. The molecule has 2 aromatic heterocycles. The molecule has 1 aliphatic rings. The highest BCUT2D eigenvalue weighted by Crippen LogP contribution is 2.23. The first-order chi connectivity index (χ1) is 13.6. The Morgan fingerprint density at radius 2 is 2.04 bits per heavy atom. The van der Waals surface area contributed by atoms with Crippen LogP contribution < -0.4 is 4.90 Å². The van der Waals surface area contributed by atoms with Gasteiger partial charge >= 0.3 is 0 Å². The molecule has 0 bridgehead atoms. The summed E-state index contributed by atoms with van der Waals surface area (Å²) in [5.41, 5.74) is 1.73. The Morgan fingerprint density at radius 3 is 2.71 bits per heavy atom. The zero-order valence-electron chi connectivity index (χ0n) is 15.5. The first kappa shape index (κ1) is 18.2. The predicted molar refractivity (Wildman–Crippen MR) is 101 cm³/mol. The van der Waals surface area contributed by atoms with E-state index in [0.29, 0.717) is 42.6 Å². The number of Topliss-reactive ketones (excluding diaryl/α,β-unsaturated/α-hetero) is 1. The van der Waals surface area contributed by atoms with E-state index < -0.39 is 0 Å². The number of anilines is 1. The molecule has 0 aliphatic carbocycles. The largest absolute Gasteiger partial charge is 0.367 e. The fourth-order valence-electron chi connectivity index (χ4n) is 3.25. The third-order valence-corrected chi connectivity index (χ3v) is 4.81. The number of hydrogen-bond donors (Lipinski definition) is 0. The van der Waals surface area contributed by atoms with Crippen LogP contribution in [0.5, 0.6) is 0 Å². The van der Waals surface area contributed by atoms with Crippen molar-refractivity contribution < 1.29 is 13.7 Å². The molecule has 0 atom stereocenters. The summed E-state index contributed by atoms with van der Waals surface area (Å²) in [7, 11) is 0. The highest BCUT2D eigenvalue weighted by atomic mass is 19.1. The Kier molecular flexibility index (Phi) is 5.12. The van der Waals surface area contributed by atoms with E-state index in [4.69, 9.17) is 4.52 Å². The lowest BCUT2D eigenvalue weighted by Crippen LogP contribution is -2.46. The molecule has 0 amide bonds. The standard InChI is InChI=1S/C20H20FN5O2/c1-14(27)15-4-5-18(17(21)11-15)26-9-7-25(8-10-26)13-19-23-20(24-28-19)16-3-2-6-22-12-16/h2-6,11-12H,7-10,13H2,1H3. The van der Waals surface area contributed by atoms with Crippen LogP contribution in [0.25, 0.3) is 11.4 Å². The van der Waals surface area contributed by atoms with Gasteiger partial charge in [-0.15, -0.1) is 0 Å². The lowest BCUT2D eigenvalue weighted by atomic mass is 10.1. The normalized spacial score (nSPS) is 15.0. The monoisotopic (exact) mass is 381 g/mol. The van der Waals surface area contributed by atoms with Gasteiger partial charge < -0.3 is 9.42 Å². The number of pyridine rings is 1. The number of benzene rings is 1. The van der Waals surface area contributed by atoms with Crippen LogP contribution >= 0.6 is 0 Å². The molecular formula is C20H20FN5O2. The highest BCUT2D eigenvalue weighted by Gasteiger charge is 2.22. The second-order valence-electron chi connectivity index (χ2n) is 6.74. The van der Waals surface area contributed by atoms with E-state index in [1.54, 1.807) is 24.5 Å². The molecule has 8 heteroatoms. The SMILES string of the molecule is CC(=O)c1ccc(N2CCN(Cc3nc(-c4cccnc4)no3)CC2)c(F)c1. The van der Waals surface area contributed by atoms with Crippen LogP contribution in [0, 0.1) is 5.82 Å². The average molecular weight is 381 g/mol. The summed E-state index contributed by atoms with van der Waals surface area (Å²) in [4.78, 5) is 24.1. The molecule has 3 aromatic rings. The molecule has 7 nitrogen and oxygen atoms in total. The van der Waals surface area contributed by atoms with Crippen molar-refractivity contribution in [3.05, 3.63) is 60.0 Å². The van der Waals surface area contributed by atoms with Gasteiger partial charge in [0.1, 0.15) is 5.82 Å². The van der Waals surface area contributed by atoms with Crippen LogP contribution in [-0.2, 0) is 6.54 Å². The number of carbonyl (C=O) groups is 1. The van der Waals surface area contributed by atoms with Crippen LogP contribution in [-0.4, -0.2) is 52.0 Å². The average Bonchev–Trinajstić information content (AvgIpc) is 3.18. The minimum atomic E-state index is -0.362. The predicted octanol–water partition coefficient (Wildman–Crippen LogP) is 2.80. The number of hydrogen-bond acceptors (Lipinski definition) is 7. The first-order valence-corrected chi connectivity index (χ1v) is 9.11. The summed E-state index contributed by atoms with van der Waals surface area (Å²) in [6, 6.07) is 8.37. The van der Waals surface area contributed by atoms with E-state index in [1.807, 2.05) is 17.0 Å². The quantitative estimate of drug-likeness (QED) is 0.629. The topological polar surface area (TPSA) is 75.4 Å². The van der Waals surface area contributed by atoms with Crippen molar-refractivity contribution in [2.45, 2.75) is 13.5 Å². The van der Waals surface area contributed by atoms with Crippen molar-refractivity contribution in [1.29, 1.82) is 0 Å². The summed E-state index contributed by atoms with van der Waals surface area (Å²) >= 11 is 0. The van der Waals surface area contributed by atoms with Crippen LogP contribution in [0.4, 0.5) is 10.1 Å². The van der Waals surface area contributed by atoms with E-state index in [0.717, 1.165) is 18.7 Å². The van der Waals surface area contributed by atoms with Crippen LogP contribution in [0.3, 0.4) is 0 Å². The van der Waals surface area contributed by atoms with Gasteiger partial charge in [0.2, 0.25) is 11.7 Å². The Bertz CT molecular complexity index is 968. The van der Waals surface area contributed by atoms with Gasteiger partial charge in [-0.05, 0) is 37.3 Å². The fraction of sp³-hybridized carbons (Fsp3) is 0.300. The van der Waals surface area contributed by atoms with Gasteiger partial charge in [-0.2, -0.15) is 4.98 Å². The Hall–Kier alpha value is -3.13. The van der Waals surface area contributed by atoms with Gasteiger partial charge in [0.15, 0.2) is 5.78 Å². The van der Waals surface area contributed by atoms with Crippen molar-refractivity contribution in [1.82, 2.24) is 20.0 Å². The maximum atomic E-state index is 14.4. The minimum absolute atomic E-state index is 0.138. The van der Waals surface area contributed by atoms with E-state index in [2.05, 4.69) is 20.0 Å². The van der Waals surface area contributed by atoms with Crippen molar-refractivity contribution in [3.63, 3.8) is 0 Å². The first-order valence-electron chi connectivity index (χ1n) is 9.11. The van der Waals surface area contributed by atoms with Gasteiger partial charge in [0.05, 0.1) is 12.2 Å². The van der Waals surface area contributed by atoms with Gasteiger partial charge in [0, 0.05) is 49.7 Å². The Balaban J connectivity index is 1.36. The maximum absolute atomic E-state index is 14.4. The van der Waals surface area contributed by atoms with E-state index >= 15 is 0 Å². The van der Waals surface area contributed by atoms with Crippen LogP contribution in [0.2, 0.25) is 0 Å². The minimum Gasteiger partial charge on any atom is -0.367 e. The highest BCUT2D eigenvalue weighted by molar-refractivity contribution is 5.94. The zero-order chi connectivity index (χ0) is 19.5. The number of carbonyl (C=O) groups excluding carboxylic acids is 1.